The van der Waals surface area contributed by atoms with Crippen LogP contribution in [0.1, 0.15) is 55.5 Å². The van der Waals surface area contributed by atoms with Gasteiger partial charge in [-0.1, -0.05) is 19.3 Å². The van der Waals surface area contributed by atoms with Crippen molar-refractivity contribution >= 4 is 23.7 Å². The van der Waals surface area contributed by atoms with Crippen LogP contribution in [-0.4, -0.2) is 58.0 Å². The molecule has 1 aliphatic carbocycles. The van der Waals surface area contributed by atoms with Crippen molar-refractivity contribution in [2.45, 2.75) is 55.9 Å². The zero-order chi connectivity index (χ0) is 18.0. The first-order chi connectivity index (χ1) is 12.7. The summed E-state index contributed by atoms with van der Waals surface area (Å²) in [6.07, 6.45) is 9.11. The third-order valence-electron chi connectivity index (χ3n) is 5.92. The van der Waals surface area contributed by atoms with Crippen LogP contribution < -0.4 is 5.32 Å². The summed E-state index contributed by atoms with van der Waals surface area (Å²) in [6, 6.07) is 3.89. The average molecular weight is 378 g/mol. The Kier molecular flexibility index (Phi) is 5.16. The number of piperidine rings is 1. The van der Waals surface area contributed by atoms with Gasteiger partial charge in [-0.25, -0.2) is 4.79 Å². The average Bonchev–Trinajstić information content (AvgIpc) is 3.33. The molecule has 0 unspecified atom stereocenters. The highest BCUT2D eigenvalue weighted by Gasteiger charge is 2.47. The lowest BCUT2D eigenvalue weighted by molar-refractivity contribution is 0.0548. The SMILES string of the molecule is O=C(NC1CCCCC1)N1CCC2(CC1)SCCN2C(=O)c1ccco1. The Bertz CT molecular complexity index is 634. The van der Waals surface area contributed by atoms with Crippen LogP contribution in [0.3, 0.4) is 0 Å². The number of carbonyl (C=O) groups excluding carboxylic acids is 2. The highest BCUT2D eigenvalue weighted by molar-refractivity contribution is 8.00. The monoisotopic (exact) mass is 377 g/mol. The summed E-state index contributed by atoms with van der Waals surface area (Å²) in [4.78, 5) is 29.1. The number of nitrogens with one attached hydrogen (secondary N) is 1. The summed E-state index contributed by atoms with van der Waals surface area (Å²) in [6.45, 7) is 2.15. The van der Waals surface area contributed by atoms with Gasteiger partial charge in [0, 0.05) is 31.4 Å². The third kappa shape index (κ3) is 3.46. The summed E-state index contributed by atoms with van der Waals surface area (Å²) >= 11 is 1.85. The number of hydrogen-bond donors (Lipinski definition) is 1. The number of carbonyl (C=O) groups is 2. The fourth-order valence-corrected chi connectivity index (χ4v) is 5.87. The summed E-state index contributed by atoms with van der Waals surface area (Å²) in [5.41, 5.74) is 0. The van der Waals surface area contributed by atoms with Crippen LogP contribution in [0.4, 0.5) is 4.79 Å². The van der Waals surface area contributed by atoms with E-state index < -0.39 is 0 Å². The first-order valence-corrected chi connectivity index (χ1v) is 10.7. The van der Waals surface area contributed by atoms with E-state index >= 15 is 0 Å². The highest BCUT2D eigenvalue weighted by Crippen LogP contribution is 2.44. The van der Waals surface area contributed by atoms with E-state index in [-0.39, 0.29) is 16.8 Å². The fraction of sp³-hybridized carbons (Fsp3) is 0.684. The Labute approximate surface area is 158 Å². The van der Waals surface area contributed by atoms with Crippen LogP contribution >= 0.6 is 11.8 Å². The minimum absolute atomic E-state index is 0.0277. The first kappa shape index (κ1) is 17.8. The lowest BCUT2D eigenvalue weighted by atomic mass is 9.95. The Morgan fingerprint density at radius 3 is 2.62 bits per heavy atom. The van der Waals surface area contributed by atoms with Gasteiger partial charge in [-0.2, -0.15) is 0 Å². The molecule has 1 saturated carbocycles. The van der Waals surface area contributed by atoms with Crippen molar-refractivity contribution in [3.8, 4) is 0 Å². The Morgan fingerprint density at radius 1 is 1.15 bits per heavy atom. The molecule has 0 radical (unpaired) electrons. The molecule has 0 bridgehead atoms. The van der Waals surface area contributed by atoms with Gasteiger partial charge in [0.2, 0.25) is 0 Å². The van der Waals surface area contributed by atoms with E-state index in [1.165, 1.54) is 19.3 Å². The van der Waals surface area contributed by atoms with Crippen molar-refractivity contribution < 1.29 is 14.0 Å². The fourth-order valence-electron chi connectivity index (χ4n) is 4.41. The van der Waals surface area contributed by atoms with Crippen LogP contribution in [0.25, 0.3) is 0 Å². The molecule has 3 amide bonds. The quantitative estimate of drug-likeness (QED) is 0.859. The number of furan rings is 1. The molecule has 4 rings (SSSR count). The molecule has 3 aliphatic rings. The van der Waals surface area contributed by atoms with Gasteiger partial charge in [0.1, 0.15) is 0 Å². The van der Waals surface area contributed by atoms with Gasteiger partial charge in [0.25, 0.3) is 5.91 Å². The number of urea groups is 1. The molecule has 6 nitrogen and oxygen atoms in total. The second-order valence-corrected chi connectivity index (χ2v) is 8.96. The molecule has 1 spiro atoms. The molecule has 3 fully saturated rings. The van der Waals surface area contributed by atoms with Crippen molar-refractivity contribution in [3.63, 3.8) is 0 Å². The van der Waals surface area contributed by atoms with Gasteiger partial charge >= 0.3 is 6.03 Å². The van der Waals surface area contributed by atoms with Gasteiger partial charge in [0.15, 0.2) is 5.76 Å². The Hall–Kier alpha value is -1.63. The van der Waals surface area contributed by atoms with Crippen molar-refractivity contribution in [2.75, 3.05) is 25.4 Å². The lowest BCUT2D eigenvalue weighted by Gasteiger charge is -2.44. The maximum atomic E-state index is 12.8. The molecule has 7 heteroatoms. The number of nitrogens with zero attached hydrogens (tertiary/aromatic N) is 2. The summed E-state index contributed by atoms with van der Waals surface area (Å²) in [7, 11) is 0. The van der Waals surface area contributed by atoms with E-state index in [9.17, 15) is 9.59 Å². The molecule has 1 N–H and O–H groups in total. The smallest absolute Gasteiger partial charge is 0.317 e. The molecule has 2 saturated heterocycles. The standard InChI is InChI=1S/C19H27N3O3S/c23-17(16-7-4-13-25-16)22-12-14-26-19(22)8-10-21(11-9-19)18(24)20-15-5-2-1-3-6-15/h4,7,13,15H,1-3,5-6,8-12,14H2,(H,20,24). The van der Waals surface area contributed by atoms with Crippen molar-refractivity contribution in [1.29, 1.82) is 0 Å². The molecule has 1 aromatic heterocycles. The molecule has 1 aromatic rings. The summed E-state index contributed by atoms with van der Waals surface area (Å²) in [5.74, 6) is 1.32. The Morgan fingerprint density at radius 2 is 1.92 bits per heavy atom. The molecule has 0 aromatic carbocycles. The zero-order valence-corrected chi connectivity index (χ0v) is 15.9. The maximum absolute atomic E-state index is 12.8. The van der Waals surface area contributed by atoms with Gasteiger partial charge < -0.3 is 19.5 Å². The van der Waals surface area contributed by atoms with Crippen LogP contribution in [0.5, 0.6) is 0 Å². The van der Waals surface area contributed by atoms with E-state index in [2.05, 4.69) is 5.32 Å². The summed E-state index contributed by atoms with van der Waals surface area (Å²) in [5, 5.41) is 3.21. The number of hydrogen-bond acceptors (Lipinski definition) is 4. The normalized spacial score (nSPS) is 23.4. The minimum Gasteiger partial charge on any atom is -0.459 e. The molecule has 142 valence electrons. The molecular formula is C19H27N3O3S. The number of amides is 3. The van der Waals surface area contributed by atoms with E-state index in [0.717, 1.165) is 38.0 Å². The zero-order valence-electron chi connectivity index (χ0n) is 15.1. The topological polar surface area (TPSA) is 65.8 Å². The number of rotatable bonds is 2. The maximum Gasteiger partial charge on any atom is 0.317 e. The van der Waals surface area contributed by atoms with E-state index in [1.54, 1.807) is 18.4 Å². The van der Waals surface area contributed by atoms with E-state index in [0.29, 0.717) is 24.9 Å². The second-order valence-electron chi connectivity index (χ2n) is 7.50. The molecular weight excluding hydrogens is 350 g/mol. The van der Waals surface area contributed by atoms with E-state index in [4.69, 9.17) is 4.42 Å². The second kappa shape index (κ2) is 7.55. The first-order valence-electron chi connectivity index (χ1n) is 9.73. The number of likely N-dealkylation sites (tertiary alicyclic amines) is 1. The molecule has 3 heterocycles. The predicted molar refractivity (Wildman–Crippen MR) is 101 cm³/mol. The van der Waals surface area contributed by atoms with Gasteiger partial charge in [-0.15, -0.1) is 11.8 Å². The van der Waals surface area contributed by atoms with Gasteiger partial charge in [-0.3, -0.25) is 4.79 Å². The van der Waals surface area contributed by atoms with Crippen LogP contribution in [0.2, 0.25) is 0 Å². The van der Waals surface area contributed by atoms with Gasteiger partial charge in [0.05, 0.1) is 11.1 Å². The van der Waals surface area contributed by atoms with Crippen LogP contribution in [-0.2, 0) is 0 Å². The largest absolute Gasteiger partial charge is 0.459 e. The highest BCUT2D eigenvalue weighted by atomic mass is 32.2. The third-order valence-corrected chi connectivity index (χ3v) is 7.47. The molecule has 0 atom stereocenters. The molecule has 2 aliphatic heterocycles. The minimum atomic E-state index is -0.189. The van der Waals surface area contributed by atoms with Crippen LogP contribution in [0, 0.1) is 0 Å². The van der Waals surface area contributed by atoms with E-state index in [1.807, 2.05) is 21.6 Å². The molecule has 26 heavy (non-hydrogen) atoms. The summed E-state index contributed by atoms with van der Waals surface area (Å²) < 4.78 is 5.31. The van der Waals surface area contributed by atoms with Crippen LogP contribution in [0.15, 0.2) is 22.8 Å². The Balaban J connectivity index is 1.35. The lowest BCUT2D eigenvalue weighted by Crippen LogP contribution is -2.56. The van der Waals surface area contributed by atoms with Crippen molar-refractivity contribution in [2.24, 2.45) is 0 Å². The van der Waals surface area contributed by atoms with Crippen molar-refractivity contribution in [3.05, 3.63) is 24.2 Å². The number of thioether (sulfide) groups is 1. The predicted octanol–water partition coefficient (Wildman–Crippen LogP) is 3.30. The van der Waals surface area contributed by atoms with Gasteiger partial charge in [-0.05, 0) is 37.8 Å². The van der Waals surface area contributed by atoms with Crippen molar-refractivity contribution in [1.82, 2.24) is 15.1 Å².